The SMILES string of the molecule is c1ccc(N(c2ccccc2)c2ccc(-c3cccc(-c4ccc5c6cccc7c8ccc9ccccc9c8n(c5c4)c67)c3)cc2)cc1. The maximum absolute atomic E-state index is 2.51. The van der Waals surface area contributed by atoms with Crippen LogP contribution in [0.25, 0.3) is 71.1 Å². The second-order valence-corrected chi connectivity index (χ2v) is 12.6. The molecule has 2 heterocycles. The van der Waals surface area contributed by atoms with Gasteiger partial charge < -0.3 is 9.30 Å². The number of rotatable bonds is 5. The van der Waals surface area contributed by atoms with Crippen LogP contribution >= 0.6 is 0 Å². The quantitative estimate of drug-likeness (QED) is 0.188. The lowest BCUT2D eigenvalue weighted by molar-refractivity contribution is 1.28. The van der Waals surface area contributed by atoms with E-state index >= 15 is 0 Å². The Kier molecular flexibility index (Phi) is 5.91. The Morgan fingerprint density at radius 3 is 1.56 bits per heavy atom. The number of nitrogens with zero attached hydrogens (tertiary/aromatic N) is 2. The fraction of sp³-hybridized carbons (Fsp3) is 0. The molecule has 224 valence electrons. The van der Waals surface area contributed by atoms with Crippen molar-refractivity contribution in [1.29, 1.82) is 0 Å². The highest BCUT2D eigenvalue weighted by Gasteiger charge is 2.19. The van der Waals surface area contributed by atoms with E-state index in [1.807, 2.05) is 0 Å². The summed E-state index contributed by atoms with van der Waals surface area (Å²) in [5.41, 5.74) is 12.1. The van der Waals surface area contributed by atoms with Crippen LogP contribution in [-0.4, -0.2) is 4.40 Å². The number of anilines is 3. The molecule has 0 radical (unpaired) electrons. The van der Waals surface area contributed by atoms with E-state index in [0.29, 0.717) is 0 Å². The molecule has 0 aliphatic rings. The molecule has 2 nitrogen and oxygen atoms in total. The predicted octanol–water partition coefficient (Wildman–Crippen LogP) is 12.8. The lowest BCUT2D eigenvalue weighted by Gasteiger charge is -2.25. The maximum Gasteiger partial charge on any atom is 0.0620 e. The van der Waals surface area contributed by atoms with Gasteiger partial charge in [0.05, 0.1) is 16.6 Å². The highest BCUT2D eigenvalue weighted by molar-refractivity contribution is 6.27. The van der Waals surface area contributed by atoms with Crippen molar-refractivity contribution in [2.24, 2.45) is 0 Å². The van der Waals surface area contributed by atoms with Crippen molar-refractivity contribution >= 4 is 65.9 Å². The molecule has 10 rings (SSSR count). The van der Waals surface area contributed by atoms with E-state index in [1.54, 1.807) is 0 Å². The summed E-state index contributed by atoms with van der Waals surface area (Å²) in [6.45, 7) is 0. The molecule has 2 aromatic heterocycles. The Labute approximate surface area is 278 Å². The number of fused-ring (bicyclic) bond motifs is 8. The van der Waals surface area contributed by atoms with Crippen molar-refractivity contribution in [2.45, 2.75) is 0 Å². The van der Waals surface area contributed by atoms with E-state index in [4.69, 9.17) is 0 Å². The van der Waals surface area contributed by atoms with E-state index in [0.717, 1.165) is 17.1 Å². The van der Waals surface area contributed by atoms with Gasteiger partial charge in [0.2, 0.25) is 0 Å². The molecule has 0 atom stereocenters. The summed E-state index contributed by atoms with van der Waals surface area (Å²) in [7, 11) is 0. The van der Waals surface area contributed by atoms with Gasteiger partial charge in [0.15, 0.2) is 0 Å². The summed E-state index contributed by atoms with van der Waals surface area (Å²) >= 11 is 0. The highest BCUT2D eigenvalue weighted by Crippen LogP contribution is 2.43. The number of hydrogen-bond acceptors (Lipinski definition) is 1. The molecule has 48 heavy (non-hydrogen) atoms. The molecule has 8 aromatic carbocycles. The van der Waals surface area contributed by atoms with Gasteiger partial charge in [0, 0.05) is 44.0 Å². The van der Waals surface area contributed by atoms with Gasteiger partial charge in [-0.1, -0.05) is 133 Å². The zero-order valence-electron chi connectivity index (χ0n) is 26.2. The Balaban J connectivity index is 1.08. The molecule has 0 aliphatic heterocycles. The van der Waals surface area contributed by atoms with Crippen LogP contribution in [0.5, 0.6) is 0 Å². The first-order valence-electron chi connectivity index (χ1n) is 16.5. The molecule has 0 unspecified atom stereocenters. The third-order valence-electron chi connectivity index (χ3n) is 9.89. The second-order valence-electron chi connectivity index (χ2n) is 12.6. The lowest BCUT2D eigenvalue weighted by Crippen LogP contribution is -2.09. The molecule has 0 saturated heterocycles. The average Bonchev–Trinajstić information content (AvgIpc) is 3.68. The van der Waals surface area contributed by atoms with Crippen molar-refractivity contribution in [1.82, 2.24) is 4.40 Å². The number of aromatic nitrogens is 1. The van der Waals surface area contributed by atoms with Crippen molar-refractivity contribution in [3.05, 3.63) is 182 Å². The van der Waals surface area contributed by atoms with Crippen LogP contribution in [0.1, 0.15) is 0 Å². The molecular formula is C46H30N2. The first-order chi connectivity index (χ1) is 23.8. The van der Waals surface area contributed by atoms with Gasteiger partial charge in [0.25, 0.3) is 0 Å². The van der Waals surface area contributed by atoms with Crippen LogP contribution in [0, 0.1) is 0 Å². The van der Waals surface area contributed by atoms with Crippen LogP contribution < -0.4 is 4.90 Å². The van der Waals surface area contributed by atoms with Crippen LogP contribution in [0.2, 0.25) is 0 Å². The minimum absolute atomic E-state index is 1.13. The van der Waals surface area contributed by atoms with Gasteiger partial charge >= 0.3 is 0 Å². The van der Waals surface area contributed by atoms with E-state index in [-0.39, 0.29) is 0 Å². The normalized spacial score (nSPS) is 11.8. The summed E-state index contributed by atoms with van der Waals surface area (Å²) in [6.07, 6.45) is 0. The van der Waals surface area contributed by atoms with E-state index in [9.17, 15) is 0 Å². The van der Waals surface area contributed by atoms with E-state index in [1.165, 1.54) is 71.1 Å². The lowest BCUT2D eigenvalue weighted by atomic mass is 9.97. The first kappa shape index (κ1) is 26.8. The van der Waals surface area contributed by atoms with Gasteiger partial charge in [-0.3, -0.25) is 0 Å². The standard InChI is InChI=1S/C46H30N2/c1-3-14-36(15-4-1)47(37-16-5-2-6-17-37)38-25-21-31(22-26-38)33-12-9-13-34(29-33)35-24-27-40-41-19-10-20-42-43-28-23-32-11-7-8-18-39(32)45(43)48(46(41)42)44(40)30-35/h1-30H. The smallest absolute Gasteiger partial charge is 0.0620 e. The minimum atomic E-state index is 1.13. The Morgan fingerprint density at radius 2 is 0.812 bits per heavy atom. The molecule has 2 heteroatoms. The third-order valence-corrected chi connectivity index (χ3v) is 9.89. The molecular weight excluding hydrogens is 581 g/mol. The molecule has 10 aromatic rings. The van der Waals surface area contributed by atoms with Gasteiger partial charge in [-0.25, -0.2) is 0 Å². The van der Waals surface area contributed by atoms with Crippen molar-refractivity contribution in [2.75, 3.05) is 4.90 Å². The molecule has 0 amide bonds. The monoisotopic (exact) mass is 610 g/mol. The maximum atomic E-state index is 2.51. The number of benzene rings is 8. The third kappa shape index (κ3) is 4.06. The van der Waals surface area contributed by atoms with Crippen molar-refractivity contribution < 1.29 is 0 Å². The fourth-order valence-electron chi connectivity index (χ4n) is 7.69. The number of hydrogen-bond donors (Lipinski definition) is 0. The predicted molar refractivity (Wildman–Crippen MR) is 204 cm³/mol. The molecule has 0 fully saturated rings. The zero-order chi connectivity index (χ0) is 31.6. The zero-order valence-corrected chi connectivity index (χ0v) is 26.2. The summed E-state index contributed by atoms with van der Waals surface area (Å²) in [4.78, 5) is 2.30. The molecule has 0 spiro atoms. The van der Waals surface area contributed by atoms with Gasteiger partial charge in [-0.15, -0.1) is 0 Å². The largest absolute Gasteiger partial charge is 0.311 e. The van der Waals surface area contributed by atoms with E-state index in [2.05, 4.69) is 191 Å². The Bertz CT molecular complexity index is 2720. The van der Waals surface area contributed by atoms with E-state index < -0.39 is 0 Å². The molecule has 0 aliphatic carbocycles. The summed E-state index contributed by atoms with van der Waals surface area (Å²) in [6, 6.07) is 66.0. The second kappa shape index (κ2) is 10.6. The van der Waals surface area contributed by atoms with Crippen LogP contribution in [0.15, 0.2) is 182 Å². The Morgan fingerprint density at radius 1 is 0.312 bits per heavy atom. The fourth-order valence-corrected chi connectivity index (χ4v) is 7.69. The molecule has 0 bridgehead atoms. The highest BCUT2D eigenvalue weighted by atomic mass is 15.1. The van der Waals surface area contributed by atoms with Gasteiger partial charge in [-0.05, 0) is 76.2 Å². The van der Waals surface area contributed by atoms with Crippen molar-refractivity contribution in [3.8, 4) is 22.3 Å². The first-order valence-corrected chi connectivity index (χ1v) is 16.5. The summed E-state index contributed by atoms with van der Waals surface area (Å²) in [5.74, 6) is 0. The van der Waals surface area contributed by atoms with Crippen LogP contribution in [0.3, 0.4) is 0 Å². The van der Waals surface area contributed by atoms with Gasteiger partial charge in [-0.2, -0.15) is 0 Å². The topological polar surface area (TPSA) is 7.65 Å². The molecule has 0 N–H and O–H groups in total. The minimum Gasteiger partial charge on any atom is -0.311 e. The summed E-state index contributed by atoms with van der Waals surface area (Å²) in [5, 5.41) is 7.79. The van der Waals surface area contributed by atoms with Crippen LogP contribution in [0.4, 0.5) is 17.1 Å². The Hall–Kier alpha value is -6.38. The van der Waals surface area contributed by atoms with Crippen LogP contribution in [-0.2, 0) is 0 Å². The molecule has 0 saturated carbocycles. The number of para-hydroxylation sites is 3. The van der Waals surface area contributed by atoms with Gasteiger partial charge in [0.1, 0.15) is 0 Å². The summed E-state index contributed by atoms with van der Waals surface area (Å²) < 4.78 is 2.51. The average molecular weight is 611 g/mol. The van der Waals surface area contributed by atoms with Crippen molar-refractivity contribution in [3.63, 3.8) is 0 Å².